The number of piperidine rings is 1. The van der Waals surface area contributed by atoms with Crippen LogP contribution in [0.15, 0.2) is 24.3 Å². The van der Waals surface area contributed by atoms with Crippen LogP contribution >= 0.6 is 0 Å². The van der Waals surface area contributed by atoms with Crippen LogP contribution in [0, 0.1) is 0 Å². The minimum Gasteiger partial charge on any atom is -0.465 e. The quantitative estimate of drug-likeness (QED) is 0.731. The molecule has 2 aliphatic heterocycles. The summed E-state index contributed by atoms with van der Waals surface area (Å²) in [5.41, 5.74) is 1.83. The van der Waals surface area contributed by atoms with Crippen molar-refractivity contribution in [1.82, 2.24) is 4.90 Å². The number of hydrogen-bond acceptors (Lipinski definition) is 1. The normalized spacial score (nSPS) is 31.3. The molecular weight excluding hydrogens is 209 g/mol. The molecule has 3 rings (SSSR count). The maximum absolute atomic E-state index is 13.9. The van der Waals surface area contributed by atoms with E-state index >= 15 is 0 Å². The number of fused-ring (bicyclic) bond motifs is 5. The van der Waals surface area contributed by atoms with Crippen molar-refractivity contribution in [3.63, 3.8) is 0 Å². The molecule has 2 aliphatic rings. The predicted octanol–water partition coefficient (Wildman–Crippen LogP) is 2.89. The first-order valence-electron chi connectivity index (χ1n) is 5.44. The molecule has 4 heteroatoms. The molecule has 1 saturated heterocycles. The zero-order valence-electron chi connectivity index (χ0n) is 8.64. The second kappa shape index (κ2) is 3.20. The summed E-state index contributed by atoms with van der Waals surface area (Å²) in [4.78, 5) is 12.5. The van der Waals surface area contributed by atoms with E-state index in [0.29, 0.717) is 12.8 Å². The Labute approximate surface area is 92.5 Å². The lowest BCUT2D eigenvalue weighted by molar-refractivity contribution is 0.0416. The SMILES string of the molecule is O=C(O)N1C2CCC(F)C1c1ccccc12. The zero-order valence-corrected chi connectivity index (χ0v) is 8.64. The molecule has 3 atom stereocenters. The summed E-state index contributed by atoms with van der Waals surface area (Å²) in [5, 5.41) is 9.17. The van der Waals surface area contributed by atoms with Gasteiger partial charge >= 0.3 is 6.09 Å². The Kier molecular flexibility index (Phi) is 1.93. The van der Waals surface area contributed by atoms with Crippen molar-refractivity contribution in [2.75, 3.05) is 0 Å². The van der Waals surface area contributed by atoms with Crippen LogP contribution in [0.25, 0.3) is 0 Å². The Bertz CT molecular complexity index is 448. The summed E-state index contributed by atoms with van der Waals surface area (Å²) in [6.07, 6.45) is -1.06. The Morgan fingerprint density at radius 1 is 1.31 bits per heavy atom. The van der Waals surface area contributed by atoms with Crippen molar-refractivity contribution in [2.45, 2.75) is 31.1 Å². The van der Waals surface area contributed by atoms with Crippen LogP contribution in [-0.2, 0) is 0 Å². The Balaban J connectivity index is 2.15. The second-order valence-electron chi connectivity index (χ2n) is 4.37. The summed E-state index contributed by atoms with van der Waals surface area (Å²) >= 11 is 0. The Morgan fingerprint density at radius 2 is 2.00 bits per heavy atom. The lowest BCUT2D eigenvalue weighted by Gasteiger charge is -2.34. The van der Waals surface area contributed by atoms with E-state index < -0.39 is 18.3 Å². The highest BCUT2D eigenvalue weighted by atomic mass is 19.1. The summed E-state index contributed by atoms with van der Waals surface area (Å²) in [6.45, 7) is 0. The second-order valence-corrected chi connectivity index (χ2v) is 4.37. The molecule has 1 fully saturated rings. The van der Waals surface area contributed by atoms with E-state index in [9.17, 15) is 9.18 Å². The van der Waals surface area contributed by atoms with Crippen LogP contribution in [0.5, 0.6) is 0 Å². The number of benzene rings is 1. The standard InChI is InChI=1S/C12H12FNO2/c13-9-5-6-10-7-3-1-2-4-8(7)11(9)14(10)12(15)16/h1-4,9-11H,5-6H2,(H,15,16). The van der Waals surface area contributed by atoms with Gasteiger partial charge in [0.25, 0.3) is 0 Å². The topological polar surface area (TPSA) is 40.5 Å². The molecule has 1 aromatic rings. The third kappa shape index (κ3) is 1.10. The molecule has 0 spiro atoms. The van der Waals surface area contributed by atoms with Gasteiger partial charge in [-0.05, 0) is 24.0 Å². The Morgan fingerprint density at radius 3 is 2.69 bits per heavy atom. The van der Waals surface area contributed by atoms with E-state index in [2.05, 4.69) is 0 Å². The van der Waals surface area contributed by atoms with E-state index in [4.69, 9.17) is 5.11 Å². The summed E-state index contributed by atoms with van der Waals surface area (Å²) < 4.78 is 13.9. The molecular formula is C12H12FNO2. The monoisotopic (exact) mass is 221 g/mol. The maximum atomic E-state index is 13.9. The highest BCUT2D eigenvalue weighted by molar-refractivity contribution is 5.69. The number of nitrogens with zero attached hydrogens (tertiary/aromatic N) is 1. The molecule has 3 unspecified atom stereocenters. The van der Waals surface area contributed by atoms with E-state index in [1.807, 2.05) is 24.3 Å². The predicted molar refractivity (Wildman–Crippen MR) is 55.9 cm³/mol. The number of amides is 1. The van der Waals surface area contributed by atoms with Crippen LogP contribution in [-0.4, -0.2) is 22.3 Å². The third-order valence-electron chi connectivity index (χ3n) is 3.59. The summed E-state index contributed by atoms with van der Waals surface area (Å²) in [7, 11) is 0. The molecule has 1 aromatic carbocycles. The van der Waals surface area contributed by atoms with Gasteiger partial charge in [-0.15, -0.1) is 0 Å². The first-order valence-corrected chi connectivity index (χ1v) is 5.44. The molecule has 1 N–H and O–H groups in total. The summed E-state index contributed by atoms with van der Waals surface area (Å²) in [6, 6.07) is 6.74. The largest absolute Gasteiger partial charge is 0.465 e. The molecule has 3 nitrogen and oxygen atoms in total. The van der Waals surface area contributed by atoms with Gasteiger partial charge in [0.1, 0.15) is 6.17 Å². The lowest BCUT2D eigenvalue weighted by Crippen LogP contribution is -2.39. The fourth-order valence-corrected chi connectivity index (χ4v) is 2.97. The van der Waals surface area contributed by atoms with Gasteiger partial charge in [0, 0.05) is 0 Å². The van der Waals surface area contributed by atoms with Crippen LogP contribution in [0.4, 0.5) is 9.18 Å². The maximum Gasteiger partial charge on any atom is 0.408 e. The van der Waals surface area contributed by atoms with Crippen molar-refractivity contribution >= 4 is 6.09 Å². The molecule has 0 aromatic heterocycles. The van der Waals surface area contributed by atoms with Gasteiger partial charge in [0.2, 0.25) is 0 Å². The third-order valence-corrected chi connectivity index (χ3v) is 3.59. The van der Waals surface area contributed by atoms with Gasteiger partial charge in [-0.1, -0.05) is 24.3 Å². The number of rotatable bonds is 0. The van der Waals surface area contributed by atoms with Gasteiger partial charge in [0.15, 0.2) is 0 Å². The number of hydrogen-bond donors (Lipinski definition) is 1. The van der Waals surface area contributed by atoms with E-state index in [-0.39, 0.29) is 6.04 Å². The highest BCUT2D eigenvalue weighted by Gasteiger charge is 2.48. The van der Waals surface area contributed by atoms with Crippen LogP contribution in [0.2, 0.25) is 0 Å². The molecule has 16 heavy (non-hydrogen) atoms. The number of carbonyl (C=O) groups is 1. The smallest absolute Gasteiger partial charge is 0.408 e. The fraction of sp³-hybridized carbons (Fsp3) is 0.417. The first-order chi connectivity index (χ1) is 7.70. The van der Waals surface area contributed by atoms with Gasteiger partial charge in [-0.25, -0.2) is 9.18 Å². The van der Waals surface area contributed by atoms with Crippen molar-refractivity contribution < 1.29 is 14.3 Å². The number of alkyl halides is 1. The minimum absolute atomic E-state index is 0.148. The molecule has 84 valence electrons. The van der Waals surface area contributed by atoms with Crippen molar-refractivity contribution in [1.29, 1.82) is 0 Å². The van der Waals surface area contributed by atoms with Gasteiger partial charge in [-0.3, -0.25) is 4.90 Å². The first kappa shape index (κ1) is 9.63. The molecule has 0 saturated carbocycles. The van der Waals surface area contributed by atoms with Crippen LogP contribution in [0.1, 0.15) is 36.1 Å². The van der Waals surface area contributed by atoms with Gasteiger partial charge in [0.05, 0.1) is 12.1 Å². The molecule has 1 amide bonds. The van der Waals surface area contributed by atoms with Crippen LogP contribution < -0.4 is 0 Å². The Hall–Kier alpha value is -1.58. The van der Waals surface area contributed by atoms with Gasteiger partial charge < -0.3 is 5.11 Å². The van der Waals surface area contributed by atoms with E-state index in [0.717, 1.165) is 11.1 Å². The number of carboxylic acid groups (broad SMARTS) is 1. The van der Waals surface area contributed by atoms with Crippen LogP contribution in [0.3, 0.4) is 0 Å². The lowest BCUT2D eigenvalue weighted by atomic mass is 9.99. The summed E-state index contributed by atoms with van der Waals surface area (Å²) in [5.74, 6) is 0. The van der Waals surface area contributed by atoms with Gasteiger partial charge in [-0.2, -0.15) is 0 Å². The number of halogens is 1. The van der Waals surface area contributed by atoms with Crippen molar-refractivity contribution in [2.24, 2.45) is 0 Å². The van der Waals surface area contributed by atoms with E-state index in [1.54, 1.807) is 0 Å². The molecule has 0 radical (unpaired) electrons. The molecule has 2 bridgehead atoms. The molecule has 2 heterocycles. The highest BCUT2D eigenvalue weighted by Crippen LogP contribution is 2.51. The average molecular weight is 221 g/mol. The van der Waals surface area contributed by atoms with Crippen molar-refractivity contribution in [3.8, 4) is 0 Å². The average Bonchev–Trinajstić information content (AvgIpc) is 2.54. The van der Waals surface area contributed by atoms with E-state index in [1.165, 1.54) is 4.90 Å². The fourth-order valence-electron chi connectivity index (χ4n) is 2.97. The zero-order chi connectivity index (χ0) is 11.3. The van der Waals surface area contributed by atoms with Crippen molar-refractivity contribution in [3.05, 3.63) is 35.4 Å². The molecule has 0 aliphatic carbocycles. The minimum atomic E-state index is -1.07.